The van der Waals surface area contributed by atoms with Crippen LogP contribution in [-0.2, 0) is 9.53 Å². The predicted molar refractivity (Wildman–Crippen MR) is 193 cm³/mol. The molecular formula is C43H74O2. The van der Waals surface area contributed by atoms with Crippen LogP contribution in [0, 0.1) is 46.3 Å². The molecule has 0 aliphatic heterocycles. The molecule has 258 valence electrons. The molecule has 4 aliphatic carbocycles. The van der Waals surface area contributed by atoms with E-state index in [0.29, 0.717) is 17.3 Å². The van der Waals surface area contributed by atoms with E-state index in [4.69, 9.17) is 4.74 Å². The van der Waals surface area contributed by atoms with E-state index >= 15 is 0 Å². The SMILES string of the molecule is CCCCCC/C=C/CCCCCCCC(=O)OC1CC[C@@]2(C)C(=CCC3C2CC[C@@]2(C)C3CC[C@@H]2[C@H](C)CCCC(C)C)C1. The zero-order chi connectivity index (χ0) is 32.3. The number of hydrogen-bond donors (Lipinski definition) is 0. The molecule has 0 heterocycles. The third-order valence-electron chi connectivity index (χ3n) is 13.7. The van der Waals surface area contributed by atoms with Gasteiger partial charge in [-0.3, -0.25) is 4.79 Å². The molecule has 0 spiro atoms. The van der Waals surface area contributed by atoms with Crippen molar-refractivity contribution >= 4 is 5.97 Å². The van der Waals surface area contributed by atoms with E-state index in [0.717, 1.165) is 61.2 Å². The van der Waals surface area contributed by atoms with Crippen molar-refractivity contribution in [3.8, 4) is 0 Å². The quantitative estimate of drug-likeness (QED) is 0.0814. The molecule has 4 aliphatic rings. The lowest BCUT2D eigenvalue weighted by Gasteiger charge is -2.58. The normalized spacial score (nSPS) is 33.5. The average Bonchev–Trinajstić information content (AvgIpc) is 3.37. The topological polar surface area (TPSA) is 26.3 Å². The van der Waals surface area contributed by atoms with Crippen molar-refractivity contribution in [1.82, 2.24) is 0 Å². The second-order valence-corrected chi connectivity index (χ2v) is 17.3. The summed E-state index contributed by atoms with van der Waals surface area (Å²) in [6.07, 6.45) is 36.5. The van der Waals surface area contributed by atoms with Crippen LogP contribution in [0.1, 0.15) is 189 Å². The van der Waals surface area contributed by atoms with Crippen LogP contribution in [0.5, 0.6) is 0 Å². The van der Waals surface area contributed by atoms with E-state index in [1.807, 2.05) is 0 Å². The Bertz CT molecular complexity index is 945. The van der Waals surface area contributed by atoms with Crippen molar-refractivity contribution in [3.63, 3.8) is 0 Å². The third kappa shape index (κ3) is 9.75. The number of hydrogen-bond acceptors (Lipinski definition) is 2. The van der Waals surface area contributed by atoms with Crippen molar-refractivity contribution in [3.05, 3.63) is 23.8 Å². The second kappa shape index (κ2) is 17.9. The van der Waals surface area contributed by atoms with Gasteiger partial charge in [0.2, 0.25) is 0 Å². The van der Waals surface area contributed by atoms with Gasteiger partial charge in [-0.2, -0.15) is 0 Å². The van der Waals surface area contributed by atoms with Crippen molar-refractivity contribution in [1.29, 1.82) is 0 Å². The molecule has 0 aromatic carbocycles. The fourth-order valence-corrected chi connectivity index (χ4v) is 11.0. The first-order valence-electron chi connectivity index (χ1n) is 20.2. The van der Waals surface area contributed by atoms with Crippen LogP contribution in [0.4, 0.5) is 0 Å². The highest BCUT2D eigenvalue weighted by molar-refractivity contribution is 5.69. The summed E-state index contributed by atoms with van der Waals surface area (Å²) >= 11 is 0. The Labute approximate surface area is 280 Å². The first-order chi connectivity index (χ1) is 21.7. The molecule has 4 unspecified atom stereocenters. The Morgan fingerprint density at radius 1 is 0.844 bits per heavy atom. The van der Waals surface area contributed by atoms with Crippen molar-refractivity contribution in [2.45, 2.75) is 195 Å². The summed E-state index contributed by atoms with van der Waals surface area (Å²) in [6.45, 7) is 14.9. The summed E-state index contributed by atoms with van der Waals surface area (Å²) in [4.78, 5) is 12.8. The van der Waals surface area contributed by atoms with E-state index in [1.54, 1.807) is 5.57 Å². The number of carbonyl (C=O) groups excluding carboxylic acids is 1. The van der Waals surface area contributed by atoms with Crippen LogP contribution in [0.2, 0.25) is 0 Å². The molecule has 4 rings (SSSR count). The molecule has 0 N–H and O–H groups in total. The Hall–Kier alpha value is -1.05. The molecule has 45 heavy (non-hydrogen) atoms. The van der Waals surface area contributed by atoms with Gasteiger partial charge in [-0.15, -0.1) is 0 Å². The first kappa shape index (κ1) is 36.8. The minimum Gasteiger partial charge on any atom is -0.462 e. The maximum absolute atomic E-state index is 12.8. The number of allylic oxidation sites excluding steroid dienone is 3. The molecule has 2 heteroatoms. The van der Waals surface area contributed by atoms with E-state index in [-0.39, 0.29) is 12.1 Å². The smallest absolute Gasteiger partial charge is 0.306 e. The van der Waals surface area contributed by atoms with Crippen LogP contribution in [0.3, 0.4) is 0 Å². The molecule has 0 radical (unpaired) electrons. The summed E-state index contributed by atoms with van der Waals surface area (Å²) in [7, 11) is 0. The molecule has 0 bridgehead atoms. The average molecular weight is 623 g/mol. The van der Waals surface area contributed by atoms with Crippen molar-refractivity contribution < 1.29 is 9.53 Å². The van der Waals surface area contributed by atoms with Gasteiger partial charge >= 0.3 is 5.97 Å². The van der Waals surface area contributed by atoms with Crippen LogP contribution in [0.15, 0.2) is 23.8 Å². The van der Waals surface area contributed by atoms with Gasteiger partial charge in [0.1, 0.15) is 6.10 Å². The molecular weight excluding hydrogens is 548 g/mol. The maximum atomic E-state index is 12.8. The van der Waals surface area contributed by atoms with Gasteiger partial charge in [-0.25, -0.2) is 0 Å². The van der Waals surface area contributed by atoms with Gasteiger partial charge in [0, 0.05) is 12.8 Å². The minimum absolute atomic E-state index is 0.0526. The third-order valence-corrected chi connectivity index (χ3v) is 13.7. The molecule has 0 aromatic heterocycles. The number of fused-ring (bicyclic) bond motifs is 5. The van der Waals surface area contributed by atoms with Crippen LogP contribution in [0.25, 0.3) is 0 Å². The number of esters is 1. The van der Waals surface area contributed by atoms with Crippen molar-refractivity contribution in [2.24, 2.45) is 46.3 Å². The van der Waals surface area contributed by atoms with Crippen LogP contribution in [-0.4, -0.2) is 12.1 Å². The fraction of sp³-hybridized carbons (Fsp3) is 0.884. The van der Waals surface area contributed by atoms with Gasteiger partial charge in [-0.05, 0) is 123 Å². The lowest BCUT2D eigenvalue weighted by molar-refractivity contribution is -0.151. The van der Waals surface area contributed by atoms with E-state index in [1.165, 1.54) is 116 Å². The lowest BCUT2D eigenvalue weighted by atomic mass is 9.47. The Balaban J connectivity index is 1.16. The molecule has 2 nitrogen and oxygen atoms in total. The number of unbranched alkanes of at least 4 members (excludes halogenated alkanes) is 9. The highest BCUT2D eigenvalue weighted by Crippen LogP contribution is 2.67. The summed E-state index contributed by atoms with van der Waals surface area (Å²) in [6, 6.07) is 0. The van der Waals surface area contributed by atoms with Gasteiger partial charge < -0.3 is 4.74 Å². The van der Waals surface area contributed by atoms with Gasteiger partial charge in [0.15, 0.2) is 0 Å². The standard InChI is InChI=1S/C43H74O2/c1-7-8-9-10-11-12-13-14-15-16-17-18-19-23-41(44)45-36-28-30-42(5)35(32-36)24-25-37-39-27-26-38(34(4)22-20-21-33(2)3)43(39,6)31-29-40(37)42/h12-13,24,33-34,36-40H,7-11,14-23,25-32H2,1-6H3/b13-12+/t34-,36?,37?,38-,39?,40?,42+,43-/m1/s1. The van der Waals surface area contributed by atoms with Crippen molar-refractivity contribution in [2.75, 3.05) is 0 Å². The maximum Gasteiger partial charge on any atom is 0.306 e. The van der Waals surface area contributed by atoms with Gasteiger partial charge in [0.25, 0.3) is 0 Å². The first-order valence-corrected chi connectivity index (χ1v) is 20.2. The highest BCUT2D eigenvalue weighted by Gasteiger charge is 2.59. The summed E-state index contributed by atoms with van der Waals surface area (Å²) in [5.41, 5.74) is 2.53. The van der Waals surface area contributed by atoms with Gasteiger partial charge in [-0.1, -0.05) is 123 Å². The zero-order valence-electron chi connectivity index (χ0n) is 30.9. The Morgan fingerprint density at radius 2 is 1.56 bits per heavy atom. The van der Waals surface area contributed by atoms with E-state index < -0.39 is 0 Å². The Kier molecular flexibility index (Phi) is 14.6. The monoisotopic (exact) mass is 623 g/mol. The molecule has 3 saturated carbocycles. The van der Waals surface area contributed by atoms with Crippen LogP contribution >= 0.6 is 0 Å². The number of rotatable bonds is 19. The summed E-state index contributed by atoms with van der Waals surface area (Å²) < 4.78 is 6.11. The summed E-state index contributed by atoms with van der Waals surface area (Å²) in [5, 5.41) is 0. The largest absolute Gasteiger partial charge is 0.462 e. The highest BCUT2D eigenvalue weighted by atomic mass is 16.5. The molecule has 0 aromatic rings. The van der Waals surface area contributed by atoms with Crippen LogP contribution < -0.4 is 0 Å². The molecule has 3 fully saturated rings. The number of carbonyl (C=O) groups is 1. The molecule has 0 saturated heterocycles. The minimum atomic E-state index is 0.0526. The van der Waals surface area contributed by atoms with E-state index in [2.05, 4.69) is 59.8 Å². The summed E-state index contributed by atoms with van der Waals surface area (Å²) in [5.74, 6) is 5.32. The fourth-order valence-electron chi connectivity index (χ4n) is 11.0. The van der Waals surface area contributed by atoms with E-state index in [9.17, 15) is 4.79 Å². The van der Waals surface area contributed by atoms with Gasteiger partial charge in [0.05, 0.1) is 0 Å². The number of ether oxygens (including phenoxy) is 1. The zero-order valence-corrected chi connectivity index (χ0v) is 30.9. The lowest BCUT2D eigenvalue weighted by Crippen LogP contribution is -2.51. The second-order valence-electron chi connectivity index (χ2n) is 17.3. The molecule has 8 atom stereocenters. The Morgan fingerprint density at radius 3 is 2.29 bits per heavy atom. The predicted octanol–water partition coefficient (Wildman–Crippen LogP) is 13.2. The molecule has 0 amide bonds.